The summed E-state index contributed by atoms with van der Waals surface area (Å²) in [6.07, 6.45) is 0. The molecule has 0 aromatic heterocycles. The van der Waals surface area contributed by atoms with Gasteiger partial charge in [-0.3, -0.25) is 19.7 Å². The van der Waals surface area contributed by atoms with Crippen molar-refractivity contribution in [2.75, 3.05) is 10.2 Å². The van der Waals surface area contributed by atoms with Gasteiger partial charge in [0.25, 0.3) is 17.5 Å². The molecule has 3 rings (SSSR count). The number of rotatable bonds is 4. The molecule has 1 N–H and O–H groups in total. The van der Waals surface area contributed by atoms with E-state index in [4.69, 9.17) is 23.2 Å². The quantitative estimate of drug-likeness (QED) is 0.482. The lowest BCUT2D eigenvalue weighted by molar-refractivity contribution is -0.384. The summed E-state index contributed by atoms with van der Waals surface area (Å²) in [5, 5.41) is 12.8. The van der Waals surface area contributed by atoms with Crippen LogP contribution in [0.1, 0.15) is 0 Å². The van der Waals surface area contributed by atoms with E-state index in [1.807, 2.05) is 0 Å². The van der Waals surface area contributed by atoms with Crippen LogP contribution in [0.15, 0.2) is 53.2 Å². The van der Waals surface area contributed by atoms with Gasteiger partial charge in [0.05, 0.1) is 15.6 Å². The Kier molecular flexibility index (Phi) is 4.62. The number of imide groups is 1. The van der Waals surface area contributed by atoms with Crippen LogP contribution in [-0.4, -0.2) is 16.7 Å². The van der Waals surface area contributed by atoms with E-state index in [-0.39, 0.29) is 27.8 Å². The Labute approximate surface area is 155 Å². The van der Waals surface area contributed by atoms with Gasteiger partial charge in [-0.15, -0.1) is 0 Å². The van der Waals surface area contributed by atoms with Crippen molar-refractivity contribution in [2.45, 2.75) is 0 Å². The number of nitro benzene ring substituents is 1. The Bertz CT molecular complexity index is 993. The summed E-state index contributed by atoms with van der Waals surface area (Å²) in [6.45, 7) is 0. The monoisotopic (exact) mass is 395 g/mol. The number of nitrogens with one attached hydrogen (secondary N) is 1. The predicted molar refractivity (Wildman–Crippen MR) is 93.5 cm³/mol. The molecule has 2 aromatic rings. The van der Waals surface area contributed by atoms with Crippen LogP contribution in [0, 0.1) is 15.9 Å². The largest absolute Gasteiger partial charge is 0.349 e. The molecule has 0 radical (unpaired) electrons. The van der Waals surface area contributed by atoms with Gasteiger partial charge < -0.3 is 5.32 Å². The molecule has 0 aliphatic carbocycles. The van der Waals surface area contributed by atoms with Crippen molar-refractivity contribution in [3.05, 3.63) is 74.1 Å². The van der Waals surface area contributed by atoms with E-state index < -0.39 is 27.6 Å². The second-order valence-corrected chi connectivity index (χ2v) is 5.95. The Hall–Kier alpha value is -2.97. The molecule has 0 saturated heterocycles. The zero-order valence-corrected chi connectivity index (χ0v) is 14.2. The van der Waals surface area contributed by atoms with Crippen molar-refractivity contribution in [3.8, 4) is 0 Å². The SMILES string of the molecule is O=C1C(Cl)=C(Nc2cccc([N+](=O)[O-])c2)C(=O)N1c1ccc(F)c(Cl)c1. The molecule has 1 aliphatic heterocycles. The molecule has 0 atom stereocenters. The van der Waals surface area contributed by atoms with Gasteiger partial charge >= 0.3 is 0 Å². The predicted octanol–water partition coefficient (Wildman–Crippen LogP) is 3.82. The summed E-state index contributed by atoms with van der Waals surface area (Å²) in [6, 6.07) is 8.68. The minimum absolute atomic E-state index is 0.0420. The van der Waals surface area contributed by atoms with Crippen molar-refractivity contribution in [1.29, 1.82) is 0 Å². The minimum atomic E-state index is -0.827. The molecule has 2 amide bonds. The van der Waals surface area contributed by atoms with Crippen molar-refractivity contribution in [1.82, 2.24) is 0 Å². The maximum atomic E-state index is 13.3. The number of anilines is 2. The summed E-state index contributed by atoms with van der Waals surface area (Å²) in [5.41, 5.74) is -0.212. The maximum Gasteiger partial charge on any atom is 0.283 e. The highest BCUT2D eigenvalue weighted by molar-refractivity contribution is 6.53. The van der Waals surface area contributed by atoms with Crippen LogP contribution >= 0.6 is 23.2 Å². The summed E-state index contributed by atoms with van der Waals surface area (Å²) in [5.74, 6) is -2.33. The summed E-state index contributed by atoms with van der Waals surface area (Å²) < 4.78 is 13.3. The van der Waals surface area contributed by atoms with E-state index in [0.29, 0.717) is 0 Å². The average molecular weight is 396 g/mol. The molecular formula is C16H8Cl2FN3O4. The number of nitro groups is 1. The van der Waals surface area contributed by atoms with Crippen molar-refractivity contribution < 1.29 is 18.9 Å². The second kappa shape index (κ2) is 6.74. The third-order valence-corrected chi connectivity index (χ3v) is 4.16. The fourth-order valence-electron chi connectivity index (χ4n) is 2.31. The maximum absolute atomic E-state index is 13.3. The lowest BCUT2D eigenvalue weighted by Crippen LogP contribution is -2.32. The Morgan fingerprint density at radius 1 is 1.08 bits per heavy atom. The van der Waals surface area contributed by atoms with Crippen molar-refractivity contribution in [3.63, 3.8) is 0 Å². The van der Waals surface area contributed by atoms with E-state index in [2.05, 4.69) is 5.32 Å². The lowest BCUT2D eigenvalue weighted by atomic mass is 10.2. The van der Waals surface area contributed by atoms with E-state index >= 15 is 0 Å². The summed E-state index contributed by atoms with van der Waals surface area (Å²) in [7, 11) is 0. The molecule has 132 valence electrons. The summed E-state index contributed by atoms with van der Waals surface area (Å²) in [4.78, 5) is 35.9. The molecule has 7 nitrogen and oxygen atoms in total. The molecule has 2 aromatic carbocycles. The molecular weight excluding hydrogens is 388 g/mol. The van der Waals surface area contributed by atoms with Crippen molar-refractivity contribution in [2.24, 2.45) is 0 Å². The third-order valence-electron chi connectivity index (χ3n) is 3.51. The van der Waals surface area contributed by atoms with Gasteiger partial charge in [0.15, 0.2) is 0 Å². The zero-order chi connectivity index (χ0) is 19.0. The normalized spacial score (nSPS) is 14.2. The van der Waals surface area contributed by atoms with Crippen LogP contribution in [0.3, 0.4) is 0 Å². The third kappa shape index (κ3) is 3.12. The number of carbonyl (C=O) groups excluding carboxylic acids is 2. The molecule has 1 aliphatic rings. The Balaban J connectivity index is 1.93. The fraction of sp³-hybridized carbons (Fsp3) is 0. The number of carbonyl (C=O) groups is 2. The number of halogens is 3. The molecule has 0 unspecified atom stereocenters. The van der Waals surface area contributed by atoms with Crippen LogP contribution in [0.2, 0.25) is 5.02 Å². The van der Waals surface area contributed by atoms with Gasteiger partial charge in [-0.1, -0.05) is 29.3 Å². The van der Waals surface area contributed by atoms with E-state index in [0.717, 1.165) is 17.0 Å². The first-order chi connectivity index (χ1) is 12.3. The van der Waals surface area contributed by atoms with Gasteiger partial charge in [0.2, 0.25) is 0 Å². The minimum Gasteiger partial charge on any atom is -0.349 e. The highest BCUT2D eigenvalue weighted by Crippen LogP contribution is 2.32. The number of benzene rings is 2. The molecule has 0 spiro atoms. The summed E-state index contributed by atoms with van der Waals surface area (Å²) >= 11 is 11.6. The average Bonchev–Trinajstić information content (AvgIpc) is 2.81. The lowest BCUT2D eigenvalue weighted by Gasteiger charge is -2.15. The fourth-order valence-corrected chi connectivity index (χ4v) is 2.70. The second-order valence-electron chi connectivity index (χ2n) is 5.17. The number of hydrogen-bond donors (Lipinski definition) is 1. The zero-order valence-electron chi connectivity index (χ0n) is 12.7. The van der Waals surface area contributed by atoms with Crippen LogP contribution in [0.4, 0.5) is 21.5 Å². The van der Waals surface area contributed by atoms with Gasteiger partial charge in [-0.2, -0.15) is 0 Å². The Morgan fingerprint density at radius 3 is 2.46 bits per heavy atom. The van der Waals surface area contributed by atoms with Crippen LogP contribution in [0.5, 0.6) is 0 Å². The van der Waals surface area contributed by atoms with E-state index in [1.54, 1.807) is 0 Å². The molecule has 0 fully saturated rings. The molecule has 1 heterocycles. The number of non-ortho nitro benzene ring substituents is 1. The molecule has 26 heavy (non-hydrogen) atoms. The van der Waals surface area contributed by atoms with Gasteiger partial charge in [0.1, 0.15) is 16.5 Å². The van der Waals surface area contributed by atoms with Gasteiger partial charge in [-0.05, 0) is 24.3 Å². The topological polar surface area (TPSA) is 92.5 Å². The highest BCUT2D eigenvalue weighted by Gasteiger charge is 2.39. The first-order valence-corrected chi connectivity index (χ1v) is 7.80. The molecule has 10 heteroatoms. The molecule has 0 saturated carbocycles. The Morgan fingerprint density at radius 2 is 1.81 bits per heavy atom. The number of hydrogen-bond acceptors (Lipinski definition) is 5. The van der Waals surface area contributed by atoms with E-state index in [9.17, 15) is 24.1 Å². The van der Waals surface area contributed by atoms with Gasteiger partial charge in [-0.25, -0.2) is 9.29 Å². The first kappa shape index (κ1) is 17.8. The van der Waals surface area contributed by atoms with E-state index in [1.165, 1.54) is 30.3 Å². The number of amides is 2. The van der Waals surface area contributed by atoms with Crippen LogP contribution in [0.25, 0.3) is 0 Å². The standard InChI is InChI=1S/C16H8Cl2FN3O4/c17-11-7-9(4-5-12(11)19)21-15(23)13(18)14(16(21)24)20-8-2-1-3-10(6-8)22(25)26/h1-7,20H. The first-order valence-electron chi connectivity index (χ1n) is 7.04. The van der Waals surface area contributed by atoms with Crippen LogP contribution in [-0.2, 0) is 9.59 Å². The smallest absolute Gasteiger partial charge is 0.283 e. The number of nitrogens with zero attached hydrogens (tertiary/aromatic N) is 2. The van der Waals surface area contributed by atoms with Gasteiger partial charge in [0, 0.05) is 17.8 Å². The molecule has 0 bridgehead atoms. The van der Waals surface area contributed by atoms with Crippen LogP contribution < -0.4 is 10.2 Å². The van der Waals surface area contributed by atoms with Crippen molar-refractivity contribution >= 4 is 52.1 Å². The highest BCUT2D eigenvalue weighted by atomic mass is 35.5.